The van der Waals surface area contributed by atoms with Crippen LogP contribution in [-0.4, -0.2) is 58.1 Å². The molecule has 154 valence electrons. The lowest BCUT2D eigenvalue weighted by Gasteiger charge is -2.38. The van der Waals surface area contributed by atoms with Crippen LogP contribution in [-0.2, 0) is 29.0 Å². The van der Waals surface area contributed by atoms with E-state index in [1.54, 1.807) is 32.8 Å². The van der Waals surface area contributed by atoms with Gasteiger partial charge >= 0.3 is 5.97 Å². The van der Waals surface area contributed by atoms with Gasteiger partial charge in [0.15, 0.2) is 0 Å². The first-order valence-electron chi connectivity index (χ1n) is 10.6. The number of hydrogen-bond acceptors (Lipinski definition) is 4. The number of nitrogens with zero attached hydrogens (tertiary/aromatic N) is 2. The Morgan fingerprint density at radius 2 is 1.79 bits per heavy atom. The minimum absolute atomic E-state index is 0.120. The van der Waals surface area contributed by atoms with Crippen LogP contribution in [0.15, 0.2) is 36.4 Å². The molecule has 0 aromatic heterocycles. The van der Waals surface area contributed by atoms with Crippen molar-refractivity contribution in [2.75, 3.05) is 14.1 Å². The number of carbonyl (C=O) groups excluding carboxylic acids is 1. The van der Waals surface area contributed by atoms with Gasteiger partial charge in [0, 0.05) is 13.0 Å². The third-order valence-corrected chi connectivity index (χ3v) is 5.64. The van der Waals surface area contributed by atoms with E-state index in [4.69, 9.17) is 2.74 Å². The van der Waals surface area contributed by atoms with E-state index in [9.17, 15) is 19.8 Å². The molecule has 2 aromatic carbocycles. The van der Waals surface area contributed by atoms with Gasteiger partial charge in [0.05, 0.1) is 8.78 Å². The van der Waals surface area contributed by atoms with Gasteiger partial charge in [0.25, 0.3) is 0 Å². The number of phenolic OH excluding ortho intramolecular Hbond substituents is 1. The first-order chi connectivity index (χ1) is 14.5. The predicted octanol–water partition coefficient (Wildman–Crippen LogP) is 2.52. The van der Waals surface area contributed by atoms with Crippen molar-refractivity contribution >= 4 is 11.9 Å². The number of amides is 1. The first kappa shape index (κ1) is 18.2. The molecule has 1 aliphatic heterocycles. The average Bonchev–Trinajstić information content (AvgIpc) is 2.74. The zero-order valence-electron chi connectivity index (χ0n) is 19.2. The number of phenols is 1. The topological polar surface area (TPSA) is 81.1 Å². The number of carboxylic acids is 1. The van der Waals surface area contributed by atoms with Crippen molar-refractivity contribution in [1.82, 2.24) is 9.80 Å². The molecule has 1 aliphatic rings. The Labute approximate surface area is 174 Å². The molecule has 2 atom stereocenters. The van der Waals surface area contributed by atoms with Crippen molar-refractivity contribution in [2.24, 2.45) is 0 Å². The molecule has 1 amide bonds. The molecule has 2 N–H and O–H groups in total. The summed E-state index contributed by atoms with van der Waals surface area (Å²) in [6.07, 6.45) is 0.467. The lowest BCUT2D eigenvalue weighted by Crippen LogP contribution is -2.55. The maximum absolute atomic E-state index is 13.6. The summed E-state index contributed by atoms with van der Waals surface area (Å²) >= 11 is 0. The lowest BCUT2D eigenvalue weighted by atomic mass is 9.91. The number of hydrogen-bond donors (Lipinski definition) is 2. The molecule has 0 bridgehead atoms. The van der Waals surface area contributed by atoms with Crippen LogP contribution in [0.1, 0.15) is 30.6 Å². The molecule has 1 heterocycles. The normalized spacial score (nSPS) is 18.1. The molecule has 0 spiro atoms. The maximum Gasteiger partial charge on any atom is 0.326 e. The third-order valence-electron chi connectivity index (χ3n) is 5.64. The molecule has 0 radical (unpaired) electrons. The fourth-order valence-electron chi connectivity index (χ4n) is 3.98. The van der Waals surface area contributed by atoms with Crippen LogP contribution < -0.4 is 0 Å². The standard InChI is InChI=1S/C23H28N2O4/c1-14-9-18(26)10-15(2)19(14)12-20(24(3)4)22(27)25-13-17-8-6-5-7-16(17)11-21(25)23(28)29/h5-10,20-21,26H,11-13H2,1-4H3,(H,28,29)/i9T,10T. The average molecular weight is 401 g/mol. The largest absolute Gasteiger partial charge is 0.508 e. The summed E-state index contributed by atoms with van der Waals surface area (Å²) in [5.41, 5.74) is 3.56. The van der Waals surface area contributed by atoms with E-state index in [2.05, 4.69) is 0 Å². The molecule has 2 aromatic rings. The summed E-state index contributed by atoms with van der Waals surface area (Å²) in [6.45, 7) is 3.60. The van der Waals surface area contributed by atoms with Crippen LogP contribution in [0.2, 0.25) is 0 Å². The monoisotopic (exact) mass is 400 g/mol. The first-order valence-corrected chi connectivity index (χ1v) is 9.59. The Kier molecular flexibility index (Phi) is 5.17. The fourth-order valence-corrected chi connectivity index (χ4v) is 3.98. The molecule has 0 saturated carbocycles. The van der Waals surface area contributed by atoms with Crippen LogP contribution >= 0.6 is 0 Å². The fraction of sp³-hybridized carbons (Fsp3) is 0.391. The quantitative estimate of drug-likeness (QED) is 0.806. The van der Waals surface area contributed by atoms with Crippen molar-refractivity contribution in [2.45, 2.75) is 45.3 Å². The number of aromatic hydroxyl groups is 1. The Morgan fingerprint density at radius 3 is 2.34 bits per heavy atom. The molecule has 6 nitrogen and oxygen atoms in total. The highest BCUT2D eigenvalue weighted by Crippen LogP contribution is 2.27. The van der Waals surface area contributed by atoms with Crippen LogP contribution in [0, 0.1) is 13.8 Å². The Bertz CT molecular complexity index is 1010. The second kappa shape index (κ2) is 8.25. The summed E-state index contributed by atoms with van der Waals surface area (Å²) in [7, 11) is 3.51. The van der Waals surface area contributed by atoms with Crippen LogP contribution in [0.3, 0.4) is 0 Å². The highest BCUT2D eigenvalue weighted by Gasteiger charge is 2.38. The van der Waals surface area contributed by atoms with Gasteiger partial charge in [0.2, 0.25) is 5.91 Å². The summed E-state index contributed by atoms with van der Waals surface area (Å²) < 4.78 is 16.2. The molecule has 0 saturated heterocycles. The number of rotatable bonds is 5. The number of carboxylic acid groups (broad SMARTS) is 1. The maximum atomic E-state index is 13.6. The Hall–Kier alpha value is -2.86. The van der Waals surface area contributed by atoms with E-state index in [0.717, 1.165) is 11.1 Å². The van der Waals surface area contributed by atoms with E-state index in [1.807, 2.05) is 24.3 Å². The summed E-state index contributed by atoms with van der Waals surface area (Å²) in [5.74, 6) is -1.72. The molecule has 0 aliphatic carbocycles. The van der Waals surface area contributed by atoms with Gasteiger partial charge in [-0.25, -0.2) is 4.79 Å². The minimum Gasteiger partial charge on any atom is -0.508 e. The van der Waals surface area contributed by atoms with Gasteiger partial charge in [-0.1, -0.05) is 24.3 Å². The number of fused-ring (bicyclic) bond motifs is 1. The smallest absolute Gasteiger partial charge is 0.326 e. The predicted molar refractivity (Wildman–Crippen MR) is 111 cm³/mol. The van der Waals surface area contributed by atoms with Crippen molar-refractivity contribution in [3.05, 3.63) is 64.2 Å². The van der Waals surface area contributed by atoms with Gasteiger partial charge in [-0.3, -0.25) is 9.69 Å². The van der Waals surface area contributed by atoms with Gasteiger partial charge in [-0.2, -0.15) is 0 Å². The minimum atomic E-state index is -1.04. The zero-order chi connectivity index (χ0) is 23.0. The summed E-state index contributed by atoms with van der Waals surface area (Å²) in [4.78, 5) is 28.7. The van der Waals surface area contributed by atoms with Crippen molar-refractivity contribution in [3.63, 3.8) is 0 Å². The molecular weight excluding hydrogens is 368 g/mol. The van der Waals surface area contributed by atoms with Crippen molar-refractivity contribution in [3.8, 4) is 5.75 Å². The van der Waals surface area contributed by atoms with Crippen LogP contribution in [0.5, 0.6) is 5.75 Å². The summed E-state index contributed by atoms with van der Waals surface area (Å²) in [6, 6.07) is 5.68. The van der Waals surface area contributed by atoms with Gasteiger partial charge in [0.1, 0.15) is 11.8 Å². The van der Waals surface area contributed by atoms with Crippen LogP contribution in [0.25, 0.3) is 0 Å². The molecule has 3 rings (SSSR count). The lowest BCUT2D eigenvalue weighted by molar-refractivity contribution is -0.153. The Balaban J connectivity index is 1.99. The number of likely N-dealkylation sites (N-methyl/N-ethyl adjacent to an activating group) is 1. The van der Waals surface area contributed by atoms with Gasteiger partial charge in [-0.15, -0.1) is 0 Å². The molecule has 0 fully saturated rings. The highest BCUT2D eigenvalue weighted by atomic mass is 16.4. The second-order valence-corrected chi connectivity index (χ2v) is 7.80. The van der Waals surface area contributed by atoms with Crippen molar-refractivity contribution in [1.29, 1.82) is 0 Å². The van der Waals surface area contributed by atoms with E-state index in [1.165, 1.54) is 4.90 Å². The van der Waals surface area contributed by atoms with Gasteiger partial charge in [-0.05, 0) is 74.3 Å². The third kappa shape index (κ3) is 4.27. The molecule has 29 heavy (non-hydrogen) atoms. The molecule has 2 unspecified atom stereocenters. The van der Waals surface area contributed by atoms with E-state index in [0.29, 0.717) is 16.7 Å². The Morgan fingerprint density at radius 1 is 1.21 bits per heavy atom. The SMILES string of the molecule is [3H]c1c(C)c(CC(C(=O)N2Cc3ccccc3CC2C(=O)O)N(C)C)c(C)c([3H])c1O. The van der Waals surface area contributed by atoms with E-state index in [-0.39, 0.29) is 43.1 Å². The summed E-state index contributed by atoms with van der Waals surface area (Å²) in [5, 5.41) is 19.8. The van der Waals surface area contributed by atoms with Crippen molar-refractivity contribution < 1.29 is 22.5 Å². The van der Waals surface area contributed by atoms with Gasteiger partial charge < -0.3 is 15.1 Å². The number of benzene rings is 2. The number of aliphatic carboxylic acids is 1. The zero-order valence-corrected chi connectivity index (χ0v) is 17.2. The molecule has 6 heteroatoms. The van der Waals surface area contributed by atoms with E-state index < -0.39 is 18.1 Å². The van der Waals surface area contributed by atoms with E-state index >= 15 is 0 Å². The highest BCUT2D eigenvalue weighted by molar-refractivity contribution is 5.88. The molecular formula is C23H28N2O4. The number of carbonyl (C=O) groups is 2. The second-order valence-electron chi connectivity index (χ2n) is 7.80. The van der Waals surface area contributed by atoms with Crippen LogP contribution in [0.4, 0.5) is 0 Å².